The van der Waals surface area contributed by atoms with E-state index in [9.17, 15) is 9.59 Å². The van der Waals surface area contributed by atoms with Gasteiger partial charge in [0.25, 0.3) is 0 Å². The Morgan fingerprint density at radius 3 is 2.69 bits per heavy atom. The number of hydrogen-bond donors (Lipinski definition) is 2. The van der Waals surface area contributed by atoms with Gasteiger partial charge in [0.2, 0.25) is 5.91 Å². The van der Waals surface area contributed by atoms with Crippen LogP contribution in [0.4, 0.5) is 0 Å². The molecule has 2 aliphatic heterocycles. The van der Waals surface area contributed by atoms with Crippen molar-refractivity contribution in [3.8, 4) is 0 Å². The van der Waals surface area contributed by atoms with Gasteiger partial charge in [0, 0.05) is 10.9 Å². The van der Waals surface area contributed by atoms with Gasteiger partial charge in [0.15, 0.2) is 0 Å². The zero-order chi connectivity index (χ0) is 11.4. The van der Waals surface area contributed by atoms with E-state index in [1.54, 1.807) is 0 Å². The van der Waals surface area contributed by atoms with Crippen molar-refractivity contribution in [3.05, 3.63) is 10.6 Å². The van der Waals surface area contributed by atoms with Crippen LogP contribution in [0.2, 0.25) is 0 Å². The van der Waals surface area contributed by atoms with Gasteiger partial charge < -0.3 is 10.8 Å². The highest BCUT2D eigenvalue weighted by Crippen LogP contribution is 2.52. The number of carboxylic acid groups (broad SMARTS) is 1. The average molecular weight is 240 g/mol. The number of aliphatic carboxylic acids is 1. The smallest absolute Gasteiger partial charge is 0.353 e. The predicted molar refractivity (Wildman–Crippen MR) is 58.2 cm³/mol. The van der Waals surface area contributed by atoms with Crippen LogP contribution >= 0.6 is 11.8 Å². The molecule has 2 heterocycles. The van der Waals surface area contributed by atoms with Crippen LogP contribution in [0.15, 0.2) is 10.6 Å². The summed E-state index contributed by atoms with van der Waals surface area (Å²) in [6, 6.07) is 0.192. The summed E-state index contributed by atoms with van der Waals surface area (Å²) in [6.45, 7) is 0. The van der Waals surface area contributed by atoms with Gasteiger partial charge in [0.1, 0.15) is 5.70 Å². The third kappa shape index (κ3) is 1.23. The second-order valence-corrected chi connectivity index (χ2v) is 5.71. The number of hydrogen-bond acceptors (Lipinski definition) is 4. The van der Waals surface area contributed by atoms with E-state index in [4.69, 9.17) is 10.8 Å². The van der Waals surface area contributed by atoms with Gasteiger partial charge in [-0.15, -0.1) is 11.8 Å². The molecule has 3 rings (SSSR count). The quantitative estimate of drug-likeness (QED) is 0.679. The van der Waals surface area contributed by atoms with E-state index >= 15 is 0 Å². The Balaban J connectivity index is 1.90. The first-order valence-corrected chi connectivity index (χ1v) is 6.17. The Morgan fingerprint density at radius 2 is 2.19 bits per heavy atom. The number of fused-ring (bicyclic) bond motifs is 1. The van der Waals surface area contributed by atoms with E-state index < -0.39 is 5.97 Å². The second-order valence-electron chi connectivity index (χ2n) is 4.49. The molecular weight excluding hydrogens is 228 g/mol. The lowest BCUT2D eigenvalue weighted by Crippen LogP contribution is -2.48. The van der Waals surface area contributed by atoms with E-state index in [1.165, 1.54) is 16.7 Å². The molecule has 16 heavy (non-hydrogen) atoms. The molecule has 2 fully saturated rings. The predicted octanol–water partition coefficient (Wildman–Crippen LogP) is 0.325. The molecule has 1 amide bonds. The highest BCUT2D eigenvalue weighted by molar-refractivity contribution is 8.04. The normalized spacial score (nSPS) is 36.9. The molecule has 1 aliphatic carbocycles. The number of thioether (sulfide) groups is 1. The highest BCUT2D eigenvalue weighted by atomic mass is 32.2. The number of nitrogens with two attached hydrogens (primary N) is 1. The van der Waals surface area contributed by atoms with Gasteiger partial charge in [-0.05, 0) is 18.8 Å². The molecular formula is C10H12N2O3S. The third-order valence-electron chi connectivity index (χ3n) is 3.39. The molecule has 0 spiro atoms. The van der Waals surface area contributed by atoms with Gasteiger partial charge in [-0.2, -0.15) is 0 Å². The first kappa shape index (κ1) is 10.2. The summed E-state index contributed by atoms with van der Waals surface area (Å²) >= 11 is 1.53. The summed E-state index contributed by atoms with van der Waals surface area (Å²) in [5, 5.41) is 9.19. The summed E-state index contributed by atoms with van der Waals surface area (Å²) in [5.74, 6) is -0.809. The number of carbonyl (C=O) groups excluding carboxylic acids is 1. The fraction of sp³-hybridized carbons (Fsp3) is 0.600. The maximum atomic E-state index is 11.4. The SMILES string of the molecule is NC1CC(C2=C(C(=O)O)N3C(=O)C[C@@H]3S2)C1. The van der Waals surface area contributed by atoms with E-state index in [-0.39, 0.29) is 28.9 Å². The first-order chi connectivity index (χ1) is 7.58. The minimum absolute atomic E-state index is 0.0328. The molecule has 0 aromatic carbocycles. The van der Waals surface area contributed by atoms with Crippen molar-refractivity contribution < 1.29 is 14.7 Å². The molecule has 0 aromatic heterocycles. The second kappa shape index (κ2) is 3.24. The number of amides is 1. The van der Waals surface area contributed by atoms with Gasteiger partial charge in [-0.3, -0.25) is 9.69 Å². The topological polar surface area (TPSA) is 83.6 Å². The largest absolute Gasteiger partial charge is 0.477 e. The Hall–Kier alpha value is -1.01. The van der Waals surface area contributed by atoms with Gasteiger partial charge in [-0.1, -0.05) is 0 Å². The van der Waals surface area contributed by atoms with E-state index in [1.807, 2.05) is 0 Å². The number of carbonyl (C=O) groups is 2. The lowest BCUT2D eigenvalue weighted by atomic mass is 9.80. The fourth-order valence-corrected chi connectivity index (χ4v) is 3.97. The molecule has 1 atom stereocenters. The summed E-state index contributed by atoms with van der Waals surface area (Å²) in [4.78, 5) is 24.8. The average Bonchev–Trinajstić information content (AvgIpc) is 2.46. The molecule has 0 unspecified atom stereocenters. The van der Waals surface area contributed by atoms with Gasteiger partial charge in [-0.25, -0.2) is 4.79 Å². The minimum Gasteiger partial charge on any atom is -0.477 e. The van der Waals surface area contributed by atoms with Crippen LogP contribution in [-0.2, 0) is 9.59 Å². The van der Waals surface area contributed by atoms with Gasteiger partial charge in [0.05, 0.1) is 11.8 Å². The molecule has 5 nitrogen and oxygen atoms in total. The van der Waals surface area contributed by atoms with Crippen molar-refractivity contribution in [2.75, 3.05) is 0 Å². The highest BCUT2D eigenvalue weighted by Gasteiger charge is 2.50. The number of rotatable bonds is 2. The molecule has 3 aliphatic rings. The Kier molecular flexibility index (Phi) is 2.06. The molecule has 0 aromatic rings. The number of carboxylic acids is 1. The van der Waals surface area contributed by atoms with Crippen molar-refractivity contribution in [2.24, 2.45) is 11.7 Å². The standard InChI is InChI=1S/C10H12N2O3S/c11-5-1-4(2-5)9-8(10(14)15)12-6(13)3-7(12)16-9/h4-5,7H,1-3,11H2,(H,14,15)/t4?,5?,7-/m0/s1. The Bertz CT molecular complexity index is 414. The van der Waals surface area contributed by atoms with Crippen LogP contribution < -0.4 is 5.73 Å². The maximum absolute atomic E-state index is 11.4. The minimum atomic E-state index is -0.987. The molecule has 1 saturated heterocycles. The van der Waals surface area contributed by atoms with Crippen LogP contribution in [0.5, 0.6) is 0 Å². The fourth-order valence-electron chi connectivity index (χ4n) is 2.45. The summed E-state index contributed by atoms with van der Waals surface area (Å²) in [7, 11) is 0. The molecule has 3 N–H and O–H groups in total. The van der Waals surface area contributed by atoms with Crippen molar-refractivity contribution in [2.45, 2.75) is 30.7 Å². The lowest BCUT2D eigenvalue weighted by molar-refractivity contribution is -0.145. The molecule has 86 valence electrons. The van der Waals surface area contributed by atoms with Crippen LogP contribution in [0.25, 0.3) is 0 Å². The number of β-lactam (4-membered cyclic amide) rings is 1. The van der Waals surface area contributed by atoms with Crippen molar-refractivity contribution in [3.63, 3.8) is 0 Å². The summed E-state index contributed by atoms with van der Waals surface area (Å²) in [5.41, 5.74) is 5.92. The molecule has 0 bridgehead atoms. The summed E-state index contributed by atoms with van der Waals surface area (Å²) in [6.07, 6.45) is 2.14. The number of allylic oxidation sites excluding steroid dienone is 1. The van der Waals surface area contributed by atoms with Gasteiger partial charge >= 0.3 is 5.97 Å². The van der Waals surface area contributed by atoms with Crippen molar-refractivity contribution >= 4 is 23.6 Å². The van der Waals surface area contributed by atoms with Crippen LogP contribution in [0, 0.1) is 5.92 Å². The monoisotopic (exact) mass is 240 g/mol. The van der Waals surface area contributed by atoms with E-state index in [0.29, 0.717) is 6.42 Å². The van der Waals surface area contributed by atoms with Crippen molar-refractivity contribution in [1.29, 1.82) is 0 Å². The van der Waals surface area contributed by atoms with E-state index in [2.05, 4.69) is 0 Å². The lowest BCUT2D eigenvalue weighted by Gasteiger charge is -2.33. The van der Waals surface area contributed by atoms with Crippen LogP contribution in [-0.4, -0.2) is 33.3 Å². The number of nitrogens with zero attached hydrogens (tertiary/aromatic N) is 1. The van der Waals surface area contributed by atoms with Crippen LogP contribution in [0.3, 0.4) is 0 Å². The first-order valence-electron chi connectivity index (χ1n) is 5.29. The van der Waals surface area contributed by atoms with E-state index in [0.717, 1.165) is 17.7 Å². The molecule has 0 radical (unpaired) electrons. The summed E-state index contributed by atoms with van der Waals surface area (Å²) < 4.78 is 0. The third-order valence-corrected chi connectivity index (χ3v) is 4.82. The molecule has 1 saturated carbocycles. The Morgan fingerprint density at radius 1 is 1.50 bits per heavy atom. The van der Waals surface area contributed by atoms with Crippen molar-refractivity contribution in [1.82, 2.24) is 4.90 Å². The zero-order valence-electron chi connectivity index (χ0n) is 8.55. The van der Waals surface area contributed by atoms with Crippen LogP contribution in [0.1, 0.15) is 19.3 Å². The Labute approximate surface area is 96.7 Å². The molecule has 6 heteroatoms. The zero-order valence-corrected chi connectivity index (χ0v) is 9.37. The maximum Gasteiger partial charge on any atom is 0.353 e.